The lowest BCUT2D eigenvalue weighted by molar-refractivity contribution is 0.0801. The molecule has 0 spiro atoms. The number of rotatable bonds is 3. The van der Waals surface area contributed by atoms with Crippen molar-refractivity contribution in [1.29, 1.82) is 0 Å². The summed E-state index contributed by atoms with van der Waals surface area (Å²) in [6, 6.07) is 0. The van der Waals surface area contributed by atoms with E-state index in [1.807, 2.05) is 0 Å². The molecule has 6 heteroatoms. The lowest BCUT2D eigenvalue weighted by Crippen LogP contribution is -2.41. The molecule has 0 saturated carbocycles. The second-order valence-corrected chi connectivity index (χ2v) is 3.01. The van der Waals surface area contributed by atoms with Crippen LogP contribution in [-0.4, -0.2) is 32.1 Å². The van der Waals surface area contributed by atoms with Crippen LogP contribution in [0.1, 0.15) is 0 Å². The van der Waals surface area contributed by atoms with Gasteiger partial charge in [0.2, 0.25) is 0 Å². The van der Waals surface area contributed by atoms with Crippen molar-refractivity contribution in [1.82, 2.24) is 9.13 Å². The van der Waals surface area contributed by atoms with Crippen LogP contribution in [0.5, 0.6) is 0 Å². The molecule has 1 atom stereocenters. The van der Waals surface area contributed by atoms with Crippen LogP contribution in [0.3, 0.4) is 0 Å². The van der Waals surface area contributed by atoms with Crippen LogP contribution in [0, 0.1) is 0 Å². The van der Waals surface area contributed by atoms with Gasteiger partial charge < -0.3 is 19.3 Å². The topological polar surface area (TPSA) is 84.5 Å². The quantitative estimate of drug-likeness (QED) is 0.547. The summed E-state index contributed by atoms with van der Waals surface area (Å²) in [6.07, 6.45) is 1.79. The highest BCUT2D eigenvalue weighted by molar-refractivity contribution is 4.85. The molecule has 1 heterocycles. The second kappa shape index (κ2) is 4.21. The molecule has 0 aliphatic rings. The van der Waals surface area contributed by atoms with E-state index >= 15 is 0 Å². The zero-order chi connectivity index (χ0) is 10.7. The summed E-state index contributed by atoms with van der Waals surface area (Å²) in [5, 5.41) is 17.6. The monoisotopic (exact) mass is 200 g/mol. The molecule has 1 rings (SSSR count). The lowest BCUT2D eigenvalue weighted by atomic mass is 10.4. The van der Waals surface area contributed by atoms with Crippen molar-refractivity contribution in [3.63, 3.8) is 0 Å². The highest BCUT2D eigenvalue weighted by Crippen LogP contribution is 1.85. The van der Waals surface area contributed by atoms with Crippen LogP contribution >= 0.6 is 0 Å². The van der Waals surface area contributed by atoms with Gasteiger partial charge >= 0.3 is 11.1 Å². The minimum atomic E-state index is -1.03. The first-order valence-electron chi connectivity index (χ1n) is 4.11. The summed E-state index contributed by atoms with van der Waals surface area (Å²) in [7, 11) is 1.47. The molecule has 0 aromatic carbocycles. The molecule has 0 aliphatic carbocycles. The van der Waals surface area contributed by atoms with Crippen LogP contribution < -0.4 is 11.1 Å². The first-order chi connectivity index (χ1) is 6.56. The minimum Gasteiger partial charge on any atom is -0.394 e. The summed E-state index contributed by atoms with van der Waals surface area (Å²) >= 11 is 0. The third-order valence-corrected chi connectivity index (χ3v) is 1.85. The third-order valence-electron chi connectivity index (χ3n) is 1.85. The maximum Gasteiger partial charge on any atom is 0.316 e. The van der Waals surface area contributed by atoms with Crippen molar-refractivity contribution >= 4 is 0 Å². The van der Waals surface area contributed by atoms with Crippen LogP contribution in [0.2, 0.25) is 0 Å². The molecule has 1 aromatic rings. The summed E-state index contributed by atoms with van der Waals surface area (Å²) in [4.78, 5) is 22.4. The van der Waals surface area contributed by atoms with E-state index in [1.54, 1.807) is 0 Å². The number of aryl methyl sites for hydroxylation is 1. The van der Waals surface area contributed by atoms with E-state index < -0.39 is 23.8 Å². The van der Waals surface area contributed by atoms with E-state index in [4.69, 9.17) is 10.2 Å². The summed E-state index contributed by atoms with van der Waals surface area (Å²) in [5.74, 6) is 0. The average molecular weight is 200 g/mol. The maximum absolute atomic E-state index is 11.3. The van der Waals surface area contributed by atoms with Gasteiger partial charge in [-0.3, -0.25) is 9.59 Å². The Kier molecular flexibility index (Phi) is 3.21. The van der Waals surface area contributed by atoms with Gasteiger partial charge in [-0.1, -0.05) is 0 Å². The molecule has 0 fully saturated rings. The van der Waals surface area contributed by atoms with Crippen molar-refractivity contribution < 1.29 is 10.2 Å². The zero-order valence-electron chi connectivity index (χ0n) is 7.75. The molecule has 0 bridgehead atoms. The Morgan fingerprint density at radius 1 is 1.36 bits per heavy atom. The van der Waals surface area contributed by atoms with Crippen LogP contribution in [-0.2, 0) is 13.6 Å². The molecule has 1 aromatic heterocycles. The number of nitrogens with zero attached hydrogens (tertiary/aromatic N) is 2. The van der Waals surface area contributed by atoms with Gasteiger partial charge in [0.05, 0.1) is 19.3 Å². The first kappa shape index (κ1) is 10.7. The van der Waals surface area contributed by atoms with Gasteiger partial charge in [0.25, 0.3) is 0 Å². The Morgan fingerprint density at radius 3 is 2.57 bits per heavy atom. The molecular weight excluding hydrogens is 188 g/mol. The Balaban J connectivity index is 3.07. The van der Waals surface area contributed by atoms with E-state index in [9.17, 15) is 9.59 Å². The fourth-order valence-electron chi connectivity index (χ4n) is 1.02. The maximum atomic E-state index is 11.3. The van der Waals surface area contributed by atoms with E-state index in [1.165, 1.54) is 19.4 Å². The zero-order valence-corrected chi connectivity index (χ0v) is 7.75. The van der Waals surface area contributed by atoms with Crippen LogP contribution in [0.4, 0.5) is 0 Å². The standard InChI is InChI=1S/C8H12N2O4/c1-9-2-3-10(4-6(12)5-11)8(14)7(9)13/h2-3,6,11-12H,4-5H2,1H3. The fourth-order valence-corrected chi connectivity index (χ4v) is 1.02. The molecular formula is C8H12N2O4. The van der Waals surface area contributed by atoms with Crippen LogP contribution in [0.25, 0.3) is 0 Å². The molecule has 0 aliphatic heterocycles. The Labute approximate surface area is 79.7 Å². The minimum absolute atomic E-state index is 0.0780. The Hall–Kier alpha value is -1.40. The molecule has 0 radical (unpaired) electrons. The van der Waals surface area contributed by atoms with Crippen molar-refractivity contribution in [2.24, 2.45) is 7.05 Å². The molecule has 0 amide bonds. The lowest BCUT2D eigenvalue weighted by Gasteiger charge is -2.09. The van der Waals surface area contributed by atoms with Gasteiger partial charge in [-0.05, 0) is 0 Å². The van der Waals surface area contributed by atoms with Gasteiger partial charge in [-0.2, -0.15) is 0 Å². The van der Waals surface area contributed by atoms with E-state index in [0.717, 1.165) is 9.13 Å². The Morgan fingerprint density at radius 2 is 2.00 bits per heavy atom. The largest absolute Gasteiger partial charge is 0.394 e. The number of aliphatic hydroxyl groups excluding tert-OH is 2. The fraction of sp³-hybridized carbons (Fsp3) is 0.500. The highest BCUT2D eigenvalue weighted by atomic mass is 16.3. The van der Waals surface area contributed by atoms with Crippen molar-refractivity contribution in [2.75, 3.05) is 6.61 Å². The van der Waals surface area contributed by atoms with E-state index in [-0.39, 0.29) is 6.54 Å². The normalized spacial score (nSPS) is 12.8. The number of hydrogen-bond donors (Lipinski definition) is 2. The molecule has 78 valence electrons. The SMILES string of the molecule is Cn1ccn(CC(O)CO)c(=O)c1=O. The number of aromatic nitrogens is 2. The predicted molar refractivity (Wildman–Crippen MR) is 49.0 cm³/mol. The van der Waals surface area contributed by atoms with Crippen molar-refractivity contribution in [3.05, 3.63) is 33.1 Å². The number of hydrogen-bond acceptors (Lipinski definition) is 4. The molecule has 1 unspecified atom stereocenters. The third kappa shape index (κ3) is 2.09. The van der Waals surface area contributed by atoms with Crippen molar-refractivity contribution in [3.8, 4) is 0 Å². The highest BCUT2D eigenvalue weighted by Gasteiger charge is 2.07. The smallest absolute Gasteiger partial charge is 0.316 e. The van der Waals surface area contributed by atoms with E-state index in [0.29, 0.717) is 0 Å². The van der Waals surface area contributed by atoms with Crippen LogP contribution in [0.15, 0.2) is 22.0 Å². The molecule has 14 heavy (non-hydrogen) atoms. The van der Waals surface area contributed by atoms with Gasteiger partial charge in [0.1, 0.15) is 0 Å². The molecule has 0 saturated heterocycles. The average Bonchev–Trinajstić information content (AvgIpc) is 2.19. The summed E-state index contributed by atoms with van der Waals surface area (Å²) < 4.78 is 2.23. The van der Waals surface area contributed by atoms with Gasteiger partial charge in [-0.15, -0.1) is 0 Å². The second-order valence-electron chi connectivity index (χ2n) is 3.01. The van der Waals surface area contributed by atoms with Crippen molar-refractivity contribution in [2.45, 2.75) is 12.6 Å². The summed E-state index contributed by atoms with van der Waals surface area (Å²) in [5.41, 5.74) is -1.36. The van der Waals surface area contributed by atoms with E-state index in [2.05, 4.69) is 0 Å². The summed E-state index contributed by atoms with van der Waals surface area (Å²) in [6.45, 7) is -0.521. The Bertz CT molecular complexity index is 420. The predicted octanol–water partition coefficient (Wildman–Crippen LogP) is -2.10. The van der Waals surface area contributed by atoms with Gasteiger partial charge in [0.15, 0.2) is 0 Å². The first-order valence-corrected chi connectivity index (χ1v) is 4.11. The molecule has 2 N–H and O–H groups in total. The van der Waals surface area contributed by atoms with Gasteiger partial charge in [-0.25, -0.2) is 0 Å². The van der Waals surface area contributed by atoms with Gasteiger partial charge in [0, 0.05) is 19.4 Å². The number of aliphatic hydroxyl groups is 2. The molecule has 6 nitrogen and oxygen atoms in total.